The summed E-state index contributed by atoms with van der Waals surface area (Å²) in [5, 5.41) is 0. The average Bonchev–Trinajstić information content (AvgIpc) is 2.19. The summed E-state index contributed by atoms with van der Waals surface area (Å²) in [6.07, 6.45) is 0. The third-order valence-electron chi connectivity index (χ3n) is 1.75. The van der Waals surface area contributed by atoms with Gasteiger partial charge in [0.1, 0.15) is 0 Å². The van der Waals surface area contributed by atoms with Gasteiger partial charge in [-0.25, -0.2) is 0 Å². The molecule has 2 heteroatoms. The van der Waals surface area contributed by atoms with Crippen molar-refractivity contribution in [2.45, 2.75) is 0 Å². The summed E-state index contributed by atoms with van der Waals surface area (Å²) in [4.78, 5) is 1.23. The molecule has 2 aromatic rings. The highest BCUT2D eigenvalue weighted by atomic mass is 32.1. The summed E-state index contributed by atoms with van der Waals surface area (Å²) >= 11 is 6.76. The maximum Gasteiger partial charge on any atom is 0.0905 e. The fourth-order valence-electron chi connectivity index (χ4n) is 1.15. The van der Waals surface area contributed by atoms with Crippen molar-refractivity contribution >= 4 is 23.6 Å². The number of hydrogen-bond donors (Lipinski definition) is 0. The molecule has 0 aliphatic heterocycles. The van der Waals surface area contributed by atoms with E-state index in [0.717, 1.165) is 3.82 Å². The minimum Gasteiger partial charge on any atom is -0.124 e. The molecule has 1 aromatic heterocycles. The topological polar surface area (TPSA) is 0 Å². The molecule has 64 valence electrons. The molecule has 0 aliphatic carbocycles. The van der Waals surface area contributed by atoms with Crippen LogP contribution in [0.1, 0.15) is 0 Å². The molecule has 0 aliphatic rings. The Labute approximate surface area is 86.5 Å². The van der Waals surface area contributed by atoms with E-state index in [1.165, 1.54) is 10.4 Å². The van der Waals surface area contributed by atoms with Crippen molar-refractivity contribution in [3.8, 4) is 10.4 Å². The van der Waals surface area contributed by atoms with E-state index in [0.29, 0.717) is 0 Å². The highest BCUT2D eigenvalue weighted by molar-refractivity contribution is 7.73. The monoisotopic (exact) mass is 204 g/mol. The Bertz CT molecular complexity index is 443. The Morgan fingerprint density at radius 2 is 1.62 bits per heavy atom. The molecule has 0 saturated carbocycles. The van der Waals surface area contributed by atoms with E-state index in [9.17, 15) is 0 Å². The SMILES string of the molecule is S=c1cccc(-c2ccccc2)s1. The van der Waals surface area contributed by atoms with Gasteiger partial charge >= 0.3 is 0 Å². The summed E-state index contributed by atoms with van der Waals surface area (Å²) < 4.78 is 0.932. The number of benzene rings is 1. The summed E-state index contributed by atoms with van der Waals surface area (Å²) in [5.41, 5.74) is 1.24. The zero-order valence-electron chi connectivity index (χ0n) is 6.94. The van der Waals surface area contributed by atoms with Crippen molar-refractivity contribution in [2.75, 3.05) is 0 Å². The van der Waals surface area contributed by atoms with Crippen LogP contribution in [0.15, 0.2) is 48.5 Å². The van der Waals surface area contributed by atoms with Gasteiger partial charge < -0.3 is 0 Å². The van der Waals surface area contributed by atoms with Crippen LogP contribution >= 0.6 is 23.6 Å². The van der Waals surface area contributed by atoms with Gasteiger partial charge in [-0.3, -0.25) is 0 Å². The van der Waals surface area contributed by atoms with Gasteiger partial charge in [-0.2, -0.15) is 0 Å². The Morgan fingerprint density at radius 1 is 0.846 bits per heavy atom. The average molecular weight is 204 g/mol. The predicted octanol–water partition coefficient (Wildman–Crippen LogP) is 4.14. The first-order chi connectivity index (χ1) is 6.36. The zero-order valence-corrected chi connectivity index (χ0v) is 8.57. The molecule has 0 radical (unpaired) electrons. The predicted molar refractivity (Wildman–Crippen MR) is 60.6 cm³/mol. The minimum atomic E-state index is 0.932. The first-order valence-electron chi connectivity index (χ1n) is 4.02. The van der Waals surface area contributed by atoms with E-state index in [1.807, 2.05) is 30.3 Å². The Morgan fingerprint density at radius 3 is 2.31 bits per heavy atom. The molecule has 1 aromatic carbocycles. The molecule has 0 saturated heterocycles. The van der Waals surface area contributed by atoms with Crippen LogP contribution in [-0.2, 0) is 0 Å². The molecule has 0 unspecified atom stereocenters. The van der Waals surface area contributed by atoms with Crippen LogP contribution in [-0.4, -0.2) is 0 Å². The number of hydrogen-bond acceptors (Lipinski definition) is 2. The van der Waals surface area contributed by atoms with E-state index in [1.54, 1.807) is 11.3 Å². The van der Waals surface area contributed by atoms with Crippen LogP contribution in [0.25, 0.3) is 10.4 Å². The lowest BCUT2D eigenvalue weighted by Crippen LogP contribution is -1.71. The lowest BCUT2D eigenvalue weighted by Gasteiger charge is -1.97. The van der Waals surface area contributed by atoms with Crippen molar-refractivity contribution in [3.63, 3.8) is 0 Å². The molecule has 0 fully saturated rings. The molecule has 0 atom stereocenters. The van der Waals surface area contributed by atoms with Gasteiger partial charge in [0.15, 0.2) is 0 Å². The smallest absolute Gasteiger partial charge is 0.0905 e. The van der Waals surface area contributed by atoms with Gasteiger partial charge in [0.05, 0.1) is 3.82 Å². The molecule has 2 rings (SSSR count). The summed E-state index contributed by atoms with van der Waals surface area (Å²) in [7, 11) is 0. The van der Waals surface area contributed by atoms with Crippen molar-refractivity contribution in [2.24, 2.45) is 0 Å². The van der Waals surface area contributed by atoms with Gasteiger partial charge in [0.2, 0.25) is 0 Å². The standard InChI is InChI=1S/C11H8S2/c12-11-8-4-7-10(13-11)9-5-2-1-3-6-9/h1-8H. The molecule has 0 amide bonds. The van der Waals surface area contributed by atoms with Crippen LogP contribution < -0.4 is 0 Å². The Balaban J connectivity index is 2.54. The second kappa shape index (κ2) is 3.81. The largest absolute Gasteiger partial charge is 0.124 e. The molecular formula is C11H8S2. The van der Waals surface area contributed by atoms with Crippen LogP contribution in [0.3, 0.4) is 0 Å². The molecule has 0 N–H and O–H groups in total. The molecule has 0 bridgehead atoms. The molecular weight excluding hydrogens is 196 g/mol. The zero-order chi connectivity index (χ0) is 9.10. The lowest BCUT2D eigenvalue weighted by molar-refractivity contribution is 1.69. The first-order valence-corrected chi connectivity index (χ1v) is 5.24. The van der Waals surface area contributed by atoms with E-state index in [-0.39, 0.29) is 0 Å². The lowest BCUT2D eigenvalue weighted by atomic mass is 10.2. The van der Waals surface area contributed by atoms with Gasteiger partial charge in [-0.05, 0) is 17.7 Å². The summed E-state index contributed by atoms with van der Waals surface area (Å²) in [5.74, 6) is 0. The van der Waals surface area contributed by atoms with E-state index in [4.69, 9.17) is 12.2 Å². The second-order valence-corrected chi connectivity index (χ2v) is 4.46. The van der Waals surface area contributed by atoms with Gasteiger partial charge in [0, 0.05) is 4.88 Å². The molecule has 13 heavy (non-hydrogen) atoms. The highest BCUT2D eigenvalue weighted by Crippen LogP contribution is 2.23. The van der Waals surface area contributed by atoms with Crippen molar-refractivity contribution in [1.82, 2.24) is 0 Å². The van der Waals surface area contributed by atoms with Crippen molar-refractivity contribution in [1.29, 1.82) is 0 Å². The maximum atomic E-state index is 5.12. The second-order valence-electron chi connectivity index (χ2n) is 2.68. The Kier molecular flexibility index (Phi) is 2.52. The Hall–Kier alpha value is -0.990. The van der Waals surface area contributed by atoms with Gasteiger partial charge in [-0.1, -0.05) is 48.6 Å². The highest BCUT2D eigenvalue weighted by Gasteiger charge is 1.94. The normalized spacial score (nSPS) is 9.85. The van der Waals surface area contributed by atoms with Crippen molar-refractivity contribution in [3.05, 3.63) is 52.4 Å². The van der Waals surface area contributed by atoms with Crippen molar-refractivity contribution < 1.29 is 0 Å². The third-order valence-corrected chi connectivity index (χ3v) is 3.06. The van der Waals surface area contributed by atoms with Gasteiger partial charge in [0.25, 0.3) is 0 Å². The third kappa shape index (κ3) is 2.02. The van der Waals surface area contributed by atoms with E-state index < -0.39 is 0 Å². The van der Waals surface area contributed by atoms with Crippen LogP contribution in [0.4, 0.5) is 0 Å². The fraction of sp³-hybridized carbons (Fsp3) is 0. The fourth-order valence-corrected chi connectivity index (χ4v) is 2.26. The van der Waals surface area contributed by atoms with Gasteiger partial charge in [-0.15, -0.1) is 11.3 Å². The summed E-state index contributed by atoms with van der Waals surface area (Å²) in [6.45, 7) is 0. The van der Waals surface area contributed by atoms with Crippen LogP contribution in [0, 0.1) is 3.82 Å². The minimum absolute atomic E-state index is 0.932. The maximum absolute atomic E-state index is 5.12. The summed E-state index contributed by atoms with van der Waals surface area (Å²) in [6, 6.07) is 16.3. The molecule has 1 heterocycles. The molecule has 0 spiro atoms. The van der Waals surface area contributed by atoms with E-state index in [2.05, 4.69) is 18.2 Å². The first kappa shape index (κ1) is 8.60. The quantitative estimate of drug-likeness (QED) is 0.629. The van der Waals surface area contributed by atoms with Crippen LogP contribution in [0.2, 0.25) is 0 Å². The van der Waals surface area contributed by atoms with Crippen LogP contribution in [0.5, 0.6) is 0 Å². The van der Waals surface area contributed by atoms with E-state index >= 15 is 0 Å². The molecule has 0 nitrogen and oxygen atoms in total. The number of rotatable bonds is 1.